The van der Waals surface area contributed by atoms with E-state index in [1.54, 1.807) is 36.0 Å². The number of alkyl halides is 5. The predicted molar refractivity (Wildman–Crippen MR) is 134 cm³/mol. The molecule has 0 heterocycles. The maximum atomic E-state index is 14.4. The third-order valence-electron chi connectivity index (χ3n) is 6.94. The Morgan fingerprint density at radius 1 is 1.08 bits per heavy atom. The molecular formula is C25H27F5N2O3S2. The second kappa shape index (κ2) is 10.1. The highest BCUT2D eigenvalue weighted by molar-refractivity contribution is 7.98. The highest BCUT2D eigenvalue weighted by atomic mass is 32.2. The number of amides is 1. The Kier molecular flexibility index (Phi) is 7.55. The van der Waals surface area contributed by atoms with E-state index in [0.717, 1.165) is 17.9 Å². The molecule has 5 nitrogen and oxygen atoms in total. The van der Waals surface area contributed by atoms with Gasteiger partial charge < -0.3 is 14.8 Å². The number of carbonyl (C=O) groups excluding carboxylic acids is 1. The SMILES string of the molecule is CCC(F)(F)c1ccc(C(=O)NC23CC(C(F)(F)F)(C2)C3)c(NS(=O)c2ccc(OCCSC)cc2)c1. The van der Waals surface area contributed by atoms with Gasteiger partial charge in [0.1, 0.15) is 16.7 Å². The van der Waals surface area contributed by atoms with Crippen molar-refractivity contribution in [1.29, 1.82) is 0 Å². The van der Waals surface area contributed by atoms with Crippen LogP contribution in [0.5, 0.6) is 5.75 Å². The Hall–Kier alpha value is -2.34. The molecule has 202 valence electrons. The second-order valence-corrected chi connectivity index (χ2v) is 11.7. The molecule has 12 heteroatoms. The van der Waals surface area contributed by atoms with Crippen LogP contribution in [0.1, 0.15) is 48.5 Å². The van der Waals surface area contributed by atoms with Gasteiger partial charge in [0, 0.05) is 23.3 Å². The first-order chi connectivity index (χ1) is 17.3. The van der Waals surface area contributed by atoms with Crippen LogP contribution in [-0.4, -0.2) is 40.4 Å². The molecule has 3 aliphatic rings. The van der Waals surface area contributed by atoms with Crippen molar-refractivity contribution in [3.05, 3.63) is 53.6 Å². The van der Waals surface area contributed by atoms with Crippen LogP contribution in [-0.2, 0) is 16.9 Å². The zero-order valence-electron chi connectivity index (χ0n) is 20.2. The smallest absolute Gasteiger partial charge is 0.394 e. The van der Waals surface area contributed by atoms with Gasteiger partial charge in [-0.1, -0.05) is 13.0 Å². The maximum absolute atomic E-state index is 14.4. The molecule has 1 unspecified atom stereocenters. The Morgan fingerprint density at radius 3 is 2.30 bits per heavy atom. The number of thioether (sulfide) groups is 1. The number of ether oxygens (including phenoxy) is 1. The number of anilines is 1. The first-order valence-corrected chi connectivity index (χ1v) is 14.2. The Morgan fingerprint density at radius 2 is 1.73 bits per heavy atom. The molecule has 0 radical (unpaired) electrons. The summed E-state index contributed by atoms with van der Waals surface area (Å²) in [5, 5.41) is 2.65. The average molecular weight is 563 g/mol. The third kappa shape index (κ3) is 5.45. The number of nitrogens with one attached hydrogen (secondary N) is 2. The summed E-state index contributed by atoms with van der Waals surface area (Å²) >= 11 is 1.63. The summed E-state index contributed by atoms with van der Waals surface area (Å²) in [5.74, 6) is -2.51. The lowest BCUT2D eigenvalue weighted by atomic mass is 9.39. The highest BCUT2D eigenvalue weighted by Gasteiger charge is 2.79. The van der Waals surface area contributed by atoms with E-state index in [1.165, 1.54) is 13.0 Å². The van der Waals surface area contributed by atoms with Crippen molar-refractivity contribution in [2.45, 2.75) is 55.1 Å². The summed E-state index contributed by atoms with van der Waals surface area (Å²) in [6, 6.07) is 9.72. The minimum Gasteiger partial charge on any atom is -0.493 e. The topological polar surface area (TPSA) is 67.4 Å². The summed E-state index contributed by atoms with van der Waals surface area (Å²) in [7, 11) is -1.92. The molecule has 5 rings (SSSR count). The Bertz CT molecular complexity index is 1170. The number of hydrogen-bond acceptors (Lipinski definition) is 4. The fourth-order valence-electron chi connectivity index (χ4n) is 4.85. The Balaban J connectivity index is 1.52. The average Bonchev–Trinajstić information content (AvgIpc) is 2.80. The van der Waals surface area contributed by atoms with Crippen LogP contribution in [0.25, 0.3) is 0 Å². The monoisotopic (exact) mass is 562 g/mol. The summed E-state index contributed by atoms with van der Waals surface area (Å²) in [5.41, 5.74) is -3.25. The van der Waals surface area contributed by atoms with E-state index in [0.29, 0.717) is 17.3 Å². The van der Waals surface area contributed by atoms with Gasteiger partial charge in [-0.05, 0) is 61.9 Å². The molecule has 3 aliphatic carbocycles. The number of benzene rings is 2. The van der Waals surface area contributed by atoms with E-state index < -0.39 is 46.4 Å². The molecule has 0 aromatic heterocycles. The lowest BCUT2D eigenvalue weighted by molar-refractivity contribution is -0.336. The molecule has 2 aromatic rings. The minimum absolute atomic E-state index is 0.0770. The molecule has 0 spiro atoms. The largest absolute Gasteiger partial charge is 0.493 e. The number of halogens is 5. The zero-order chi connectivity index (χ0) is 27.1. The van der Waals surface area contributed by atoms with Gasteiger partial charge in [-0.25, -0.2) is 13.0 Å². The van der Waals surface area contributed by atoms with Gasteiger partial charge in [-0.3, -0.25) is 4.79 Å². The van der Waals surface area contributed by atoms with Gasteiger partial charge in [0.25, 0.3) is 11.8 Å². The lowest BCUT2D eigenvalue weighted by Crippen LogP contribution is -2.78. The van der Waals surface area contributed by atoms with Gasteiger partial charge in [-0.2, -0.15) is 24.9 Å². The van der Waals surface area contributed by atoms with E-state index in [2.05, 4.69) is 10.0 Å². The van der Waals surface area contributed by atoms with Crippen LogP contribution in [0, 0.1) is 5.41 Å². The lowest BCUT2D eigenvalue weighted by Gasteiger charge is -2.70. The Labute approximate surface area is 218 Å². The van der Waals surface area contributed by atoms with Gasteiger partial charge in [0.05, 0.1) is 28.2 Å². The van der Waals surface area contributed by atoms with Crippen molar-refractivity contribution in [2.24, 2.45) is 5.41 Å². The first kappa shape index (κ1) is 27.7. The fraction of sp³-hybridized carbons (Fsp3) is 0.480. The molecule has 1 amide bonds. The van der Waals surface area contributed by atoms with Gasteiger partial charge in [0.2, 0.25) is 0 Å². The standard InChI is InChI=1S/C25H27F5N2O3S2/c1-3-24(26,27)16-4-9-19(21(33)31-23-13-22(14-23,15-23)25(28,29)30)20(12-16)32-37(34)18-7-5-17(6-8-18)35-10-11-36-2/h4-9,12,32H,3,10-11,13-15H2,1-2H3,(H,31,33). The molecule has 2 N–H and O–H groups in total. The number of carbonyl (C=O) groups is 1. The van der Waals surface area contributed by atoms with Gasteiger partial charge >= 0.3 is 6.18 Å². The quantitative estimate of drug-likeness (QED) is 0.250. The summed E-state index contributed by atoms with van der Waals surface area (Å²) in [4.78, 5) is 13.4. The van der Waals surface area contributed by atoms with Crippen molar-refractivity contribution in [2.75, 3.05) is 23.3 Å². The molecule has 0 saturated heterocycles. The highest BCUT2D eigenvalue weighted by Crippen LogP contribution is 2.73. The number of hydrogen-bond donors (Lipinski definition) is 2. The van der Waals surface area contributed by atoms with E-state index in [4.69, 9.17) is 4.74 Å². The van der Waals surface area contributed by atoms with Crippen LogP contribution in [0.15, 0.2) is 47.4 Å². The van der Waals surface area contributed by atoms with Crippen molar-refractivity contribution in [3.8, 4) is 5.75 Å². The molecule has 2 aromatic carbocycles. The zero-order valence-corrected chi connectivity index (χ0v) is 21.8. The van der Waals surface area contributed by atoms with Crippen LogP contribution >= 0.6 is 11.8 Å². The third-order valence-corrected chi connectivity index (χ3v) is 8.62. The predicted octanol–water partition coefficient (Wildman–Crippen LogP) is 6.28. The summed E-state index contributed by atoms with van der Waals surface area (Å²) < 4.78 is 89.5. The van der Waals surface area contributed by atoms with Gasteiger partial charge in [-0.15, -0.1) is 0 Å². The van der Waals surface area contributed by atoms with E-state index in [9.17, 15) is 31.0 Å². The van der Waals surface area contributed by atoms with Crippen LogP contribution in [0.2, 0.25) is 0 Å². The number of rotatable bonds is 11. The van der Waals surface area contributed by atoms with Crippen molar-refractivity contribution in [1.82, 2.24) is 5.32 Å². The molecule has 2 bridgehead atoms. The molecule has 3 fully saturated rings. The summed E-state index contributed by atoms with van der Waals surface area (Å²) in [6.07, 6.45) is -3.48. The van der Waals surface area contributed by atoms with Crippen molar-refractivity contribution < 1.29 is 35.7 Å². The fourth-order valence-corrected chi connectivity index (χ4v) is 5.97. The molecule has 37 heavy (non-hydrogen) atoms. The first-order valence-electron chi connectivity index (χ1n) is 11.7. The molecular weight excluding hydrogens is 535 g/mol. The van der Waals surface area contributed by atoms with Gasteiger partial charge in [0.15, 0.2) is 0 Å². The molecule has 1 atom stereocenters. The molecule has 0 aliphatic heterocycles. The van der Waals surface area contributed by atoms with Crippen LogP contribution in [0.3, 0.4) is 0 Å². The maximum Gasteiger partial charge on any atom is 0.394 e. The minimum atomic E-state index is -4.33. The van der Waals surface area contributed by atoms with E-state index >= 15 is 0 Å². The van der Waals surface area contributed by atoms with Crippen molar-refractivity contribution >= 4 is 34.3 Å². The summed E-state index contributed by atoms with van der Waals surface area (Å²) in [6.45, 7) is 1.82. The van der Waals surface area contributed by atoms with E-state index in [-0.39, 0.29) is 36.1 Å². The van der Waals surface area contributed by atoms with Crippen molar-refractivity contribution in [3.63, 3.8) is 0 Å². The van der Waals surface area contributed by atoms with Crippen LogP contribution < -0.4 is 14.8 Å². The normalized spacial score (nSPS) is 23.4. The van der Waals surface area contributed by atoms with E-state index in [1.807, 2.05) is 6.26 Å². The molecule has 3 saturated carbocycles. The van der Waals surface area contributed by atoms with Crippen LogP contribution in [0.4, 0.5) is 27.6 Å². The second-order valence-electron chi connectivity index (χ2n) is 9.54.